The summed E-state index contributed by atoms with van der Waals surface area (Å²) in [5.41, 5.74) is 1.45. The first-order valence-corrected chi connectivity index (χ1v) is 7.31. The van der Waals surface area contributed by atoms with Crippen LogP contribution in [0.15, 0.2) is 30.3 Å². The Balaban J connectivity index is 1.89. The lowest BCUT2D eigenvalue weighted by molar-refractivity contribution is 0.205. The smallest absolute Gasteiger partial charge is 0.0192 e. The van der Waals surface area contributed by atoms with Crippen LogP contribution in [0.25, 0.3) is 0 Å². The van der Waals surface area contributed by atoms with Crippen LogP contribution in [-0.4, -0.2) is 36.6 Å². The SMILES string of the molecule is CCC1CN(CCc2ccccc2)C(C)CCN1. The van der Waals surface area contributed by atoms with E-state index in [2.05, 4.69) is 54.4 Å². The van der Waals surface area contributed by atoms with Gasteiger partial charge in [0.2, 0.25) is 0 Å². The highest BCUT2D eigenvalue weighted by molar-refractivity contribution is 5.14. The summed E-state index contributed by atoms with van der Waals surface area (Å²) in [6.45, 7) is 8.20. The summed E-state index contributed by atoms with van der Waals surface area (Å²) in [6.07, 6.45) is 3.67. The second-order valence-corrected chi connectivity index (χ2v) is 5.43. The quantitative estimate of drug-likeness (QED) is 0.878. The van der Waals surface area contributed by atoms with Crippen LogP contribution < -0.4 is 5.32 Å². The van der Waals surface area contributed by atoms with Crippen molar-refractivity contribution in [2.24, 2.45) is 0 Å². The van der Waals surface area contributed by atoms with Crippen LogP contribution >= 0.6 is 0 Å². The van der Waals surface area contributed by atoms with Gasteiger partial charge in [-0.3, -0.25) is 4.90 Å². The van der Waals surface area contributed by atoms with Crippen molar-refractivity contribution in [1.29, 1.82) is 0 Å². The Bertz CT molecular complexity index is 336. The molecule has 0 aromatic heterocycles. The fourth-order valence-corrected chi connectivity index (χ4v) is 2.71. The molecule has 2 nitrogen and oxygen atoms in total. The lowest BCUT2D eigenvalue weighted by atomic mass is 10.1. The summed E-state index contributed by atoms with van der Waals surface area (Å²) in [5.74, 6) is 0. The molecule has 2 unspecified atom stereocenters. The first kappa shape index (κ1) is 13.6. The highest BCUT2D eigenvalue weighted by Crippen LogP contribution is 2.12. The number of hydrogen-bond donors (Lipinski definition) is 1. The molecule has 100 valence electrons. The van der Waals surface area contributed by atoms with Gasteiger partial charge in [-0.2, -0.15) is 0 Å². The summed E-state index contributed by atoms with van der Waals surface area (Å²) in [7, 11) is 0. The Hall–Kier alpha value is -0.860. The van der Waals surface area contributed by atoms with E-state index in [1.165, 1.54) is 44.5 Å². The largest absolute Gasteiger partial charge is 0.313 e. The number of nitrogens with zero attached hydrogens (tertiary/aromatic N) is 1. The number of hydrogen-bond acceptors (Lipinski definition) is 2. The van der Waals surface area contributed by atoms with E-state index in [0.717, 1.165) is 0 Å². The fraction of sp³-hybridized carbons (Fsp3) is 0.625. The molecule has 0 saturated carbocycles. The molecule has 18 heavy (non-hydrogen) atoms. The third-order valence-electron chi connectivity index (χ3n) is 4.10. The minimum atomic E-state index is 0.672. The minimum absolute atomic E-state index is 0.672. The lowest BCUT2D eigenvalue weighted by Gasteiger charge is -2.28. The third kappa shape index (κ3) is 3.82. The monoisotopic (exact) mass is 246 g/mol. The molecule has 0 spiro atoms. The molecule has 0 aliphatic carbocycles. The van der Waals surface area contributed by atoms with Gasteiger partial charge in [0.15, 0.2) is 0 Å². The van der Waals surface area contributed by atoms with Gasteiger partial charge in [0, 0.05) is 25.2 Å². The van der Waals surface area contributed by atoms with Crippen molar-refractivity contribution in [1.82, 2.24) is 10.2 Å². The molecule has 1 saturated heterocycles. The van der Waals surface area contributed by atoms with E-state index < -0.39 is 0 Å². The topological polar surface area (TPSA) is 15.3 Å². The zero-order valence-electron chi connectivity index (χ0n) is 11.7. The van der Waals surface area contributed by atoms with Crippen molar-refractivity contribution in [2.75, 3.05) is 19.6 Å². The van der Waals surface area contributed by atoms with E-state index in [1.807, 2.05) is 0 Å². The Morgan fingerprint density at radius 2 is 2.06 bits per heavy atom. The van der Waals surface area contributed by atoms with Crippen LogP contribution in [0.1, 0.15) is 32.3 Å². The van der Waals surface area contributed by atoms with Gasteiger partial charge >= 0.3 is 0 Å². The van der Waals surface area contributed by atoms with Crippen molar-refractivity contribution in [2.45, 2.75) is 45.2 Å². The van der Waals surface area contributed by atoms with E-state index >= 15 is 0 Å². The van der Waals surface area contributed by atoms with Crippen molar-refractivity contribution >= 4 is 0 Å². The molecule has 0 amide bonds. The van der Waals surface area contributed by atoms with Gasteiger partial charge in [-0.05, 0) is 38.3 Å². The number of benzene rings is 1. The predicted molar refractivity (Wildman–Crippen MR) is 77.9 cm³/mol. The Morgan fingerprint density at radius 1 is 1.28 bits per heavy atom. The molecule has 1 fully saturated rings. The zero-order valence-corrected chi connectivity index (χ0v) is 11.7. The van der Waals surface area contributed by atoms with Gasteiger partial charge in [-0.1, -0.05) is 37.3 Å². The lowest BCUT2D eigenvalue weighted by Crippen LogP contribution is -2.40. The average Bonchev–Trinajstić information content (AvgIpc) is 2.59. The Morgan fingerprint density at radius 3 is 2.78 bits per heavy atom. The maximum Gasteiger partial charge on any atom is 0.0192 e. The summed E-state index contributed by atoms with van der Waals surface area (Å²) in [6, 6.07) is 12.2. The van der Waals surface area contributed by atoms with Crippen molar-refractivity contribution in [3.63, 3.8) is 0 Å². The molecule has 2 rings (SSSR count). The second-order valence-electron chi connectivity index (χ2n) is 5.43. The highest BCUT2D eigenvalue weighted by Gasteiger charge is 2.21. The van der Waals surface area contributed by atoms with Gasteiger partial charge in [0.05, 0.1) is 0 Å². The summed E-state index contributed by atoms with van der Waals surface area (Å²) in [4.78, 5) is 2.65. The van der Waals surface area contributed by atoms with Gasteiger partial charge in [0.1, 0.15) is 0 Å². The van der Waals surface area contributed by atoms with E-state index in [9.17, 15) is 0 Å². The molecule has 1 heterocycles. The highest BCUT2D eigenvalue weighted by atomic mass is 15.2. The van der Waals surface area contributed by atoms with Crippen molar-refractivity contribution < 1.29 is 0 Å². The maximum absolute atomic E-state index is 3.65. The van der Waals surface area contributed by atoms with Gasteiger partial charge < -0.3 is 5.32 Å². The molecular formula is C16H26N2. The summed E-state index contributed by atoms with van der Waals surface area (Å²) in [5, 5.41) is 3.65. The van der Waals surface area contributed by atoms with Crippen LogP contribution in [0.2, 0.25) is 0 Å². The minimum Gasteiger partial charge on any atom is -0.313 e. The van der Waals surface area contributed by atoms with Crippen LogP contribution in [0.4, 0.5) is 0 Å². The van der Waals surface area contributed by atoms with Crippen LogP contribution in [0.5, 0.6) is 0 Å². The van der Waals surface area contributed by atoms with E-state index in [0.29, 0.717) is 12.1 Å². The normalized spacial score (nSPS) is 25.9. The number of nitrogens with one attached hydrogen (secondary N) is 1. The molecule has 0 bridgehead atoms. The van der Waals surface area contributed by atoms with Gasteiger partial charge in [-0.25, -0.2) is 0 Å². The van der Waals surface area contributed by atoms with Crippen LogP contribution in [0.3, 0.4) is 0 Å². The van der Waals surface area contributed by atoms with E-state index in [-0.39, 0.29) is 0 Å². The Labute approximate surface area is 111 Å². The molecule has 1 aliphatic heterocycles. The van der Waals surface area contributed by atoms with Gasteiger partial charge in [-0.15, -0.1) is 0 Å². The standard InChI is InChI=1S/C16H26N2/c1-3-16-13-18(14(2)9-11-17-16)12-10-15-7-5-4-6-8-15/h4-8,14,16-17H,3,9-13H2,1-2H3. The first-order valence-electron chi connectivity index (χ1n) is 7.31. The molecule has 0 radical (unpaired) electrons. The Kier molecular flexibility index (Phi) is 5.21. The molecule has 1 aromatic rings. The first-order chi connectivity index (χ1) is 8.79. The maximum atomic E-state index is 3.65. The molecular weight excluding hydrogens is 220 g/mol. The average molecular weight is 246 g/mol. The molecule has 1 aliphatic rings. The molecule has 2 heteroatoms. The van der Waals surface area contributed by atoms with E-state index in [4.69, 9.17) is 0 Å². The fourth-order valence-electron chi connectivity index (χ4n) is 2.71. The van der Waals surface area contributed by atoms with Crippen molar-refractivity contribution in [3.8, 4) is 0 Å². The summed E-state index contributed by atoms with van der Waals surface area (Å²) >= 11 is 0. The second kappa shape index (κ2) is 6.91. The molecule has 1 N–H and O–H groups in total. The van der Waals surface area contributed by atoms with Crippen LogP contribution in [0, 0.1) is 0 Å². The molecule has 1 aromatic carbocycles. The number of rotatable bonds is 4. The van der Waals surface area contributed by atoms with Gasteiger partial charge in [0.25, 0.3) is 0 Å². The van der Waals surface area contributed by atoms with E-state index in [1.54, 1.807) is 0 Å². The predicted octanol–water partition coefficient (Wildman–Crippen LogP) is 2.69. The third-order valence-corrected chi connectivity index (χ3v) is 4.10. The zero-order chi connectivity index (χ0) is 12.8. The molecule has 2 atom stereocenters. The van der Waals surface area contributed by atoms with Crippen molar-refractivity contribution in [3.05, 3.63) is 35.9 Å². The van der Waals surface area contributed by atoms with Crippen LogP contribution in [-0.2, 0) is 6.42 Å². The summed E-state index contributed by atoms with van der Waals surface area (Å²) < 4.78 is 0.